The lowest BCUT2D eigenvalue weighted by Crippen LogP contribution is -2.30. The Morgan fingerprint density at radius 3 is 2.48 bits per heavy atom. The summed E-state index contributed by atoms with van der Waals surface area (Å²) < 4.78 is 9.48. The highest BCUT2D eigenvalue weighted by Gasteiger charge is 2.42. The van der Waals surface area contributed by atoms with Gasteiger partial charge in [-0.2, -0.15) is 0 Å². The van der Waals surface area contributed by atoms with Crippen LogP contribution >= 0.6 is 23.6 Å². The minimum absolute atomic E-state index is 0.153. The summed E-state index contributed by atoms with van der Waals surface area (Å²) in [5.74, 6) is 1.61. The molecule has 3 aromatic carbocycles. The highest BCUT2D eigenvalue weighted by atomic mass is 32.1. The van der Waals surface area contributed by atoms with Crippen molar-refractivity contribution in [2.75, 3.05) is 4.90 Å². The van der Waals surface area contributed by atoms with Crippen LogP contribution in [0.2, 0.25) is 0 Å². The lowest BCUT2D eigenvalue weighted by atomic mass is 10.0. The number of fused-ring (bicyclic) bond motifs is 1. The minimum Gasteiger partial charge on any atom is -0.457 e. The highest BCUT2D eigenvalue weighted by Crippen LogP contribution is 2.43. The number of anilines is 1. The third-order valence-electron chi connectivity index (χ3n) is 7.11. The van der Waals surface area contributed by atoms with Crippen molar-refractivity contribution < 1.29 is 4.74 Å². The van der Waals surface area contributed by atoms with Gasteiger partial charge in [-0.05, 0) is 91.4 Å². The molecule has 0 spiro atoms. The van der Waals surface area contributed by atoms with Crippen molar-refractivity contribution in [3.63, 3.8) is 0 Å². The average Bonchev–Trinajstić information content (AvgIpc) is 3.71. The fraction of sp³-hybridized carbons (Fsp3) is 0.0938. The highest BCUT2D eigenvalue weighted by molar-refractivity contribution is 7.80. The van der Waals surface area contributed by atoms with E-state index in [2.05, 4.69) is 51.3 Å². The fourth-order valence-electron chi connectivity index (χ4n) is 5.18. The van der Waals surface area contributed by atoms with Gasteiger partial charge in [-0.15, -0.1) is 0 Å². The molecule has 1 aliphatic heterocycles. The maximum absolute atomic E-state index is 6.16. The van der Waals surface area contributed by atoms with Crippen LogP contribution in [0.15, 0.2) is 116 Å². The lowest BCUT2D eigenvalue weighted by molar-refractivity contribution is 0.479. The number of para-hydroxylation sites is 2. The molecule has 6 aromatic rings. The number of aryl methyl sites for hydroxylation is 1. The molecular weight excluding hydrogens is 535 g/mol. The Morgan fingerprint density at radius 2 is 1.68 bits per heavy atom. The summed E-state index contributed by atoms with van der Waals surface area (Å²) in [7, 11) is 0. The predicted octanol–water partition coefficient (Wildman–Crippen LogP) is 7.76. The Labute approximate surface area is 241 Å². The molecular formula is C32H25N5OS2. The van der Waals surface area contributed by atoms with Crippen LogP contribution in [0.3, 0.4) is 0 Å². The second-order valence-electron chi connectivity index (χ2n) is 9.63. The van der Waals surface area contributed by atoms with Crippen LogP contribution in [-0.2, 0) is 0 Å². The molecule has 1 N–H and O–H groups in total. The zero-order valence-corrected chi connectivity index (χ0v) is 23.3. The number of hydrogen-bond donors (Lipinski definition) is 1. The van der Waals surface area contributed by atoms with Gasteiger partial charge in [0.25, 0.3) is 0 Å². The van der Waals surface area contributed by atoms with Gasteiger partial charge in [-0.3, -0.25) is 9.55 Å². The van der Waals surface area contributed by atoms with E-state index in [9.17, 15) is 0 Å². The molecule has 7 rings (SSSR count). The first-order valence-electron chi connectivity index (χ1n) is 13.0. The molecule has 2 atom stereocenters. The molecule has 0 amide bonds. The summed E-state index contributed by atoms with van der Waals surface area (Å²) in [5.41, 5.74) is 5.04. The first kappa shape index (κ1) is 24.5. The van der Waals surface area contributed by atoms with Crippen LogP contribution in [-0.4, -0.2) is 19.6 Å². The van der Waals surface area contributed by atoms with Crippen molar-refractivity contribution in [3.8, 4) is 16.6 Å². The van der Waals surface area contributed by atoms with E-state index in [4.69, 9.17) is 26.9 Å². The van der Waals surface area contributed by atoms with Gasteiger partial charge < -0.3 is 15.0 Å². The van der Waals surface area contributed by atoms with Crippen molar-refractivity contribution >= 4 is 44.6 Å². The molecule has 1 saturated heterocycles. The Morgan fingerprint density at radius 1 is 0.875 bits per heavy atom. The average molecular weight is 560 g/mol. The van der Waals surface area contributed by atoms with Gasteiger partial charge in [0.05, 0.1) is 27.6 Å². The Balaban J connectivity index is 1.29. The normalized spacial score (nSPS) is 16.8. The summed E-state index contributed by atoms with van der Waals surface area (Å²) in [6, 6.07) is 34.2. The van der Waals surface area contributed by atoms with Crippen molar-refractivity contribution in [1.29, 1.82) is 0 Å². The van der Waals surface area contributed by atoms with E-state index in [1.807, 2.05) is 85.9 Å². The largest absolute Gasteiger partial charge is 0.457 e. The monoisotopic (exact) mass is 559 g/mol. The maximum atomic E-state index is 6.16. The van der Waals surface area contributed by atoms with Crippen LogP contribution in [0.25, 0.3) is 15.3 Å². The number of benzene rings is 3. The number of nitrogens with one attached hydrogen (secondary N) is 1. The second-order valence-corrected chi connectivity index (χ2v) is 11.0. The van der Waals surface area contributed by atoms with Gasteiger partial charge in [0, 0.05) is 18.1 Å². The number of thiazole rings is 1. The number of pyridine rings is 1. The molecule has 3 aromatic heterocycles. The van der Waals surface area contributed by atoms with Crippen molar-refractivity contribution in [1.82, 2.24) is 19.9 Å². The SMILES string of the molecule is Cc1ccccc1Oc1ccc(N2C(=S)N[C@@H](c3ccccn3)[C@@H]2c2cccn2-c2nc3ccccc3s2)cc1. The van der Waals surface area contributed by atoms with Crippen molar-refractivity contribution in [2.45, 2.75) is 19.0 Å². The Kier molecular flexibility index (Phi) is 6.26. The predicted molar refractivity (Wildman–Crippen MR) is 165 cm³/mol. The molecule has 6 nitrogen and oxygen atoms in total. The molecule has 0 bridgehead atoms. The zero-order chi connectivity index (χ0) is 27.1. The molecule has 8 heteroatoms. The van der Waals surface area contributed by atoms with Gasteiger partial charge in [-0.1, -0.05) is 47.7 Å². The number of nitrogens with zero attached hydrogens (tertiary/aromatic N) is 4. The maximum Gasteiger partial charge on any atom is 0.194 e. The third kappa shape index (κ3) is 4.41. The van der Waals surface area contributed by atoms with Crippen LogP contribution in [0.5, 0.6) is 11.5 Å². The first-order valence-corrected chi connectivity index (χ1v) is 14.3. The standard InChI is InChI=1S/C32H25N5OS2/c1-21-9-2-4-13-27(21)38-23-17-15-22(16-18-23)37-30(29(35-31(37)39)25-11-6-7-19-33-25)26-12-8-20-36(26)32-34-24-10-3-5-14-28(24)40-32/h2-20,29-30H,1H3,(H,35,39)/t29-,30-/m0/s1. The molecule has 4 heterocycles. The quantitative estimate of drug-likeness (QED) is 0.211. The third-order valence-corrected chi connectivity index (χ3v) is 8.46. The second kappa shape index (κ2) is 10.2. The van der Waals surface area contributed by atoms with Gasteiger partial charge in [0.2, 0.25) is 0 Å². The number of hydrogen-bond acceptors (Lipinski definition) is 5. The zero-order valence-electron chi connectivity index (χ0n) is 21.6. The van der Waals surface area contributed by atoms with E-state index in [1.165, 1.54) is 0 Å². The van der Waals surface area contributed by atoms with Gasteiger partial charge >= 0.3 is 0 Å². The summed E-state index contributed by atoms with van der Waals surface area (Å²) in [4.78, 5) is 11.8. The molecule has 0 radical (unpaired) electrons. The lowest BCUT2D eigenvalue weighted by Gasteiger charge is -2.28. The van der Waals surface area contributed by atoms with Crippen molar-refractivity contribution in [3.05, 3.63) is 132 Å². The van der Waals surface area contributed by atoms with Crippen molar-refractivity contribution in [2.24, 2.45) is 0 Å². The summed E-state index contributed by atoms with van der Waals surface area (Å²) in [6.45, 7) is 2.04. The van der Waals surface area contributed by atoms with Crippen LogP contribution < -0.4 is 15.0 Å². The van der Waals surface area contributed by atoms with Crippen LogP contribution in [0, 0.1) is 6.92 Å². The topological polar surface area (TPSA) is 55.2 Å². The fourth-order valence-corrected chi connectivity index (χ4v) is 6.49. The summed E-state index contributed by atoms with van der Waals surface area (Å²) in [5, 5.41) is 5.12. The number of ether oxygens (including phenoxy) is 1. The molecule has 0 aliphatic carbocycles. The van der Waals surface area contributed by atoms with Crippen LogP contribution in [0.1, 0.15) is 29.0 Å². The minimum atomic E-state index is -0.160. The summed E-state index contributed by atoms with van der Waals surface area (Å²) >= 11 is 7.63. The van der Waals surface area contributed by atoms with Gasteiger partial charge in [-0.25, -0.2) is 4.98 Å². The molecule has 0 unspecified atom stereocenters. The van der Waals surface area contributed by atoms with E-state index in [0.29, 0.717) is 5.11 Å². The number of thiocarbonyl (C=S) groups is 1. The van der Waals surface area contributed by atoms with E-state index >= 15 is 0 Å². The smallest absolute Gasteiger partial charge is 0.194 e. The molecule has 1 aliphatic rings. The van der Waals surface area contributed by atoms with E-state index < -0.39 is 0 Å². The van der Waals surface area contributed by atoms with E-state index in [0.717, 1.165) is 49.5 Å². The number of rotatable bonds is 6. The Bertz CT molecular complexity index is 1780. The molecule has 40 heavy (non-hydrogen) atoms. The van der Waals surface area contributed by atoms with E-state index in [1.54, 1.807) is 11.3 Å². The molecule has 196 valence electrons. The first-order chi connectivity index (χ1) is 19.7. The van der Waals surface area contributed by atoms with Gasteiger partial charge in [0.1, 0.15) is 17.5 Å². The van der Waals surface area contributed by atoms with Crippen LogP contribution in [0.4, 0.5) is 5.69 Å². The summed E-state index contributed by atoms with van der Waals surface area (Å²) in [6.07, 6.45) is 3.89. The number of aromatic nitrogens is 3. The van der Waals surface area contributed by atoms with Gasteiger partial charge in [0.15, 0.2) is 10.2 Å². The molecule has 1 fully saturated rings. The molecule has 0 saturated carbocycles. The Hall–Kier alpha value is -4.53. The van der Waals surface area contributed by atoms with E-state index in [-0.39, 0.29) is 12.1 Å².